The van der Waals surface area contributed by atoms with Crippen LogP contribution in [0.2, 0.25) is 0 Å². The van der Waals surface area contributed by atoms with Crippen LogP contribution in [0.25, 0.3) is 0 Å². The number of methoxy groups -OCH3 is 2. The van der Waals surface area contributed by atoms with Gasteiger partial charge in [0.25, 0.3) is 0 Å². The summed E-state index contributed by atoms with van der Waals surface area (Å²) >= 11 is 0. The van der Waals surface area contributed by atoms with Crippen molar-refractivity contribution in [1.29, 1.82) is 0 Å². The van der Waals surface area contributed by atoms with Crippen LogP contribution in [-0.4, -0.2) is 77.2 Å². The molecule has 0 amide bonds. The van der Waals surface area contributed by atoms with E-state index in [1.54, 1.807) is 12.1 Å². The van der Waals surface area contributed by atoms with Crippen molar-refractivity contribution < 1.29 is 22.7 Å². The topological polar surface area (TPSA) is 88.5 Å². The van der Waals surface area contributed by atoms with Crippen LogP contribution in [0.3, 0.4) is 0 Å². The van der Waals surface area contributed by atoms with Crippen molar-refractivity contribution in [2.45, 2.75) is 4.90 Å². The van der Waals surface area contributed by atoms with Gasteiger partial charge in [0.05, 0.1) is 25.6 Å². The number of benzene rings is 1. The van der Waals surface area contributed by atoms with Gasteiger partial charge < -0.3 is 19.3 Å². The Morgan fingerprint density at radius 1 is 1.07 bits per heavy atom. The number of piperazine rings is 1. The Morgan fingerprint density at radius 3 is 2.43 bits per heavy atom. The molecule has 1 saturated heterocycles. The lowest BCUT2D eigenvalue weighted by Crippen LogP contribution is -2.47. The average molecular weight is 403 g/mol. The number of rotatable bonds is 3. The van der Waals surface area contributed by atoms with E-state index in [0.717, 1.165) is 13.1 Å². The third-order valence-electron chi connectivity index (χ3n) is 5.16. The molecule has 1 aromatic carbocycles. The fourth-order valence-electron chi connectivity index (χ4n) is 3.58. The highest BCUT2D eigenvalue weighted by atomic mass is 32.2. The number of fused-ring (bicyclic) bond motifs is 2. The lowest BCUT2D eigenvalue weighted by molar-refractivity contribution is -0.116. The normalized spacial score (nSPS) is 21.5. The molecule has 0 radical (unpaired) electrons. The summed E-state index contributed by atoms with van der Waals surface area (Å²) in [6.07, 6.45) is 1.40. The van der Waals surface area contributed by atoms with Crippen LogP contribution in [0, 0.1) is 0 Å². The van der Waals surface area contributed by atoms with Crippen LogP contribution < -0.4 is 4.74 Å². The summed E-state index contributed by atoms with van der Waals surface area (Å²) in [5.41, 5.74) is 0.682. The molecule has 0 saturated carbocycles. The first-order valence-electron chi connectivity index (χ1n) is 8.87. The molecule has 3 aliphatic rings. The molecule has 28 heavy (non-hydrogen) atoms. The van der Waals surface area contributed by atoms with E-state index in [1.807, 2.05) is 11.9 Å². The van der Waals surface area contributed by atoms with Crippen molar-refractivity contribution in [1.82, 2.24) is 9.80 Å². The Bertz CT molecular complexity index is 1050. The molecular formula is C19H21N3O5S. The number of ketones is 1. The maximum Gasteiger partial charge on any atom is 0.245 e. The third-order valence-corrected chi connectivity index (χ3v) is 7.01. The summed E-state index contributed by atoms with van der Waals surface area (Å²) in [6.45, 7) is 2.55. The predicted molar refractivity (Wildman–Crippen MR) is 103 cm³/mol. The molecule has 2 heterocycles. The fourth-order valence-corrected chi connectivity index (χ4v) is 5.32. The number of allylic oxidation sites excluding steroid dienone is 2. The van der Waals surface area contributed by atoms with E-state index in [-0.39, 0.29) is 27.0 Å². The zero-order valence-corrected chi connectivity index (χ0v) is 16.7. The van der Waals surface area contributed by atoms with Gasteiger partial charge in [0, 0.05) is 38.3 Å². The monoisotopic (exact) mass is 403 g/mol. The van der Waals surface area contributed by atoms with E-state index in [4.69, 9.17) is 9.47 Å². The summed E-state index contributed by atoms with van der Waals surface area (Å²) in [5, 5.41) is 0. The Kier molecular flexibility index (Phi) is 4.51. The quantitative estimate of drug-likeness (QED) is 0.699. The van der Waals surface area contributed by atoms with Gasteiger partial charge in [-0.15, -0.1) is 0 Å². The van der Waals surface area contributed by atoms with E-state index in [9.17, 15) is 13.2 Å². The average Bonchev–Trinajstić information content (AvgIpc) is 2.69. The zero-order valence-electron chi connectivity index (χ0n) is 15.9. The van der Waals surface area contributed by atoms with Crippen LogP contribution in [0.15, 0.2) is 50.5 Å². The minimum Gasteiger partial charge on any atom is -0.497 e. The molecule has 4 rings (SSSR count). The molecule has 148 valence electrons. The van der Waals surface area contributed by atoms with Gasteiger partial charge in [0.1, 0.15) is 21.2 Å². The number of nitrogens with zero attached hydrogens (tertiary/aromatic N) is 3. The van der Waals surface area contributed by atoms with Gasteiger partial charge in [0.15, 0.2) is 5.76 Å². The number of ether oxygens (including phenoxy) is 2. The van der Waals surface area contributed by atoms with Gasteiger partial charge in [-0.05, 0) is 19.2 Å². The fraction of sp³-hybridized carbons (Fsp3) is 0.368. The number of Topliss-reactive ketones (excluding diaryl/α,β-unsaturated/α-hetero) is 1. The summed E-state index contributed by atoms with van der Waals surface area (Å²) < 4.78 is 37.4. The molecule has 2 aliphatic heterocycles. The van der Waals surface area contributed by atoms with Crippen LogP contribution in [-0.2, 0) is 19.4 Å². The van der Waals surface area contributed by atoms with Crippen LogP contribution >= 0.6 is 0 Å². The maximum atomic E-state index is 13.5. The molecule has 9 heteroatoms. The predicted octanol–water partition coefficient (Wildman–Crippen LogP) is 1.13. The Labute approximate surface area is 163 Å². The molecule has 0 spiro atoms. The Morgan fingerprint density at radius 2 is 1.79 bits per heavy atom. The van der Waals surface area contributed by atoms with E-state index >= 15 is 0 Å². The maximum absolute atomic E-state index is 13.5. The van der Waals surface area contributed by atoms with E-state index in [0.29, 0.717) is 24.5 Å². The number of likely N-dealkylation sites (N-methyl/N-ethyl adjacent to an activating group) is 1. The molecule has 1 aromatic rings. The van der Waals surface area contributed by atoms with Crippen LogP contribution in [0.1, 0.15) is 0 Å². The molecule has 8 nitrogen and oxygen atoms in total. The third kappa shape index (κ3) is 2.82. The van der Waals surface area contributed by atoms with Gasteiger partial charge >= 0.3 is 0 Å². The Balaban J connectivity index is 1.96. The van der Waals surface area contributed by atoms with Crippen molar-refractivity contribution in [2.75, 3.05) is 47.4 Å². The van der Waals surface area contributed by atoms with Gasteiger partial charge in [-0.1, -0.05) is 0 Å². The lowest BCUT2D eigenvalue weighted by atomic mass is 10.0. The molecular weight excluding hydrogens is 382 g/mol. The van der Waals surface area contributed by atoms with E-state index in [2.05, 4.69) is 9.89 Å². The number of hydrogen-bond acceptors (Lipinski definition) is 8. The smallest absolute Gasteiger partial charge is 0.245 e. The standard InChI is InChI=1S/C19H21N3O5S/c1-21-6-8-22(9-7-21)17-18(23)15(27-3)11-14-19(17)28(24,25)16-10-12(26-2)4-5-13(16)20-14/h4-5,10-11H,6-9H2,1-3H3. The molecule has 0 N–H and O–H groups in total. The van der Waals surface area contributed by atoms with Gasteiger partial charge in [-0.2, -0.15) is 0 Å². The van der Waals surface area contributed by atoms with Crippen molar-refractivity contribution in [3.05, 3.63) is 40.6 Å². The summed E-state index contributed by atoms with van der Waals surface area (Å²) in [6, 6.07) is 4.70. The largest absolute Gasteiger partial charge is 0.497 e. The molecule has 1 aliphatic carbocycles. The highest BCUT2D eigenvalue weighted by Gasteiger charge is 2.42. The second kappa shape index (κ2) is 6.75. The number of carbonyl (C=O) groups is 1. The van der Waals surface area contributed by atoms with Crippen LogP contribution in [0.4, 0.5) is 5.69 Å². The molecule has 0 bridgehead atoms. The number of sulfone groups is 1. The minimum atomic E-state index is -3.96. The molecule has 0 aromatic heterocycles. The SMILES string of the molecule is COC1=CC2=Nc3ccc(OC)cc3S(=O)(=O)C2=C(N2CCN(C)CC2)C1=O. The highest BCUT2D eigenvalue weighted by Crippen LogP contribution is 2.41. The van der Waals surface area contributed by atoms with Crippen molar-refractivity contribution >= 4 is 27.0 Å². The summed E-state index contributed by atoms with van der Waals surface area (Å²) in [5.74, 6) is 0.0671. The van der Waals surface area contributed by atoms with Gasteiger partial charge in [-0.3, -0.25) is 4.79 Å². The number of carbonyl (C=O) groups excluding carboxylic acids is 1. The van der Waals surface area contributed by atoms with Crippen molar-refractivity contribution in [3.8, 4) is 5.75 Å². The lowest BCUT2D eigenvalue weighted by Gasteiger charge is -2.37. The van der Waals surface area contributed by atoms with Crippen molar-refractivity contribution in [3.63, 3.8) is 0 Å². The van der Waals surface area contributed by atoms with Crippen molar-refractivity contribution in [2.24, 2.45) is 4.99 Å². The first-order chi connectivity index (χ1) is 13.4. The number of hydrogen-bond donors (Lipinski definition) is 0. The van der Waals surface area contributed by atoms with E-state index in [1.165, 1.54) is 26.4 Å². The first-order valence-corrected chi connectivity index (χ1v) is 10.4. The molecule has 0 unspecified atom stereocenters. The van der Waals surface area contributed by atoms with Gasteiger partial charge in [0.2, 0.25) is 15.6 Å². The highest BCUT2D eigenvalue weighted by molar-refractivity contribution is 7.96. The molecule has 0 atom stereocenters. The Hall–Kier alpha value is -2.65. The summed E-state index contributed by atoms with van der Waals surface area (Å²) in [4.78, 5) is 21.5. The number of aliphatic imine (C=N–C) groups is 1. The zero-order chi connectivity index (χ0) is 20.1. The van der Waals surface area contributed by atoms with Gasteiger partial charge in [-0.25, -0.2) is 13.4 Å². The molecule has 1 fully saturated rings. The second-order valence-corrected chi connectivity index (χ2v) is 8.70. The first kappa shape index (κ1) is 18.7. The van der Waals surface area contributed by atoms with Crippen LogP contribution in [0.5, 0.6) is 5.75 Å². The second-order valence-electron chi connectivity index (χ2n) is 6.84. The van der Waals surface area contributed by atoms with E-state index < -0.39 is 15.6 Å². The summed E-state index contributed by atoms with van der Waals surface area (Å²) in [7, 11) is 0.898. The minimum absolute atomic E-state index is 0.0410.